The molecule has 0 fully saturated rings. The highest BCUT2D eigenvalue weighted by Crippen LogP contribution is 2.26. The molecule has 4 heteroatoms. The molecule has 164 valence electrons. The number of fused-ring (bicyclic) bond motifs is 1. The lowest BCUT2D eigenvalue weighted by Crippen LogP contribution is -2.33. The van der Waals surface area contributed by atoms with E-state index >= 15 is 0 Å². The van der Waals surface area contributed by atoms with Gasteiger partial charge in [-0.25, -0.2) is 0 Å². The molecular weight excluding hydrogens is 398 g/mol. The van der Waals surface area contributed by atoms with Crippen molar-refractivity contribution in [3.63, 3.8) is 0 Å². The van der Waals surface area contributed by atoms with Gasteiger partial charge in [0.2, 0.25) is 0 Å². The summed E-state index contributed by atoms with van der Waals surface area (Å²) in [6.07, 6.45) is -0.716. The van der Waals surface area contributed by atoms with Crippen molar-refractivity contribution in [2.24, 2.45) is 0 Å². The zero-order chi connectivity index (χ0) is 22.0. The molecular formula is C28H29NO3. The second-order valence-electron chi connectivity index (χ2n) is 7.72. The van der Waals surface area contributed by atoms with Crippen LogP contribution in [0, 0.1) is 0 Å². The normalized spacial score (nSPS) is 12.2. The second-order valence-corrected chi connectivity index (χ2v) is 7.72. The SMILES string of the molecule is OC(CNCCOC(c1ccccc1)c1ccccc1)COc1cccc2ccccc12. The van der Waals surface area contributed by atoms with E-state index in [-0.39, 0.29) is 12.7 Å². The molecule has 0 aromatic heterocycles. The lowest BCUT2D eigenvalue weighted by atomic mass is 10.0. The Bertz CT molecular complexity index is 1040. The van der Waals surface area contributed by atoms with E-state index in [0.29, 0.717) is 19.7 Å². The maximum atomic E-state index is 10.3. The lowest BCUT2D eigenvalue weighted by molar-refractivity contribution is 0.0745. The number of rotatable bonds is 11. The molecule has 0 saturated heterocycles. The number of aliphatic hydroxyl groups excluding tert-OH is 1. The average molecular weight is 428 g/mol. The fourth-order valence-electron chi connectivity index (χ4n) is 3.72. The zero-order valence-electron chi connectivity index (χ0n) is 18.1. The third-order valence-electron chi connectivity index (χ3n) is 5.33. The van der Waals surface area contributed by atoms with Gasteiger partial charge in [-0.2, -0.15) is 0 Å². The minimum Gasteiger partial charge on any atom is -0.490 e. The van der Waals surface area contributed by atoms with Crippen molar-refractivity contribution in [2.45, 2.75) is 12.2 Å². The van der Waals surface area contributed by atoms with E-state index < -0.39 is 6.10 Å². The van der Waals surface area contributed by atoms with E-state index in [4.69, 9.17) is 9.47 Å². The van der Waals surface area contributed by atoms with Crippen LogP contribution in [0.4, 0.5) is 0 Å². The van der Waals surface area contributed by atoms with Crippen LogP contribution >= 0.6 is 0 Å². The summed E-state index contributed by atoms with van der Waals surface area (Å²) in [6.45, 7) is 1.85. The van der Waals surface area contributed by atoms with Crippen LogP contribution in [-0.2, 0) is 4.74 Å². The molecule has 0 heterocycles. The number of hydrogen-bond donors (Lipinski definition) is 2. The molecule has 4 aromatic rings. The Kier molecular flexibility index (Phi) is 7.88. The van der Waals surface area contributed by atoms with Gasteiger partial charge >= 0.3 is 0 Å². The van der Waals surface area contributed by atoms with Gasteiger partial charge in [-0.1, -0.05) is 97.1 Å². The van der Waals surface area contributed by atoms with Gasteiger partial charge in [0.05, 0.1) is 6.61 Å². The Morgan fingerprint density at radius 2 is 1.34 bits per heavy atom. The van der Waals surface area contributed by atoms with Crippen LogP contribution in [0.5, 0.6) is 5.75 Å². The zero-order valence-corrected chi connectivity index (χ0v) is 18.1. The first-order valence-corrected chi connectivity index (χ1v) is 11.0. The van der Waals surface area contributed by atoms with E-state index in [2.05, 4.69) is 41.7 Å². The molecule has 1 atom stereocenters. The van der Waals surface area contributed by atoms with Gasteiger partial charge in [-0.3, -0.25) is 0 Å². The topological polar surface area (TPSA) is 50.7 Å². The van der Waals surface area contributed by atoms with Crippen molar-refractivity contribution in [1.82, 2.24) is 5.32 Å². The van der Waals surface area contributed by atoms with E-state index in [1.807, 2.05) is 66.7 Å². The Balaban J connectivity index is 1.23. The first kappa shape index (κ1) is 22.0. The Hall–Kier alpha value is -3.18. The summed E-state index contributed by atoms with van der Waals surface area (Å²) in [5.41, 5.74) is 2.25. The smallest absolute Gasteiger partial charge is 0.127 e. The predicted octanol–water partition coefficient (Wildman–Crippen LogP) is 4.98. The van der Waals surface area contributed by atoms with Crippen molar-refractivity contribution in [2.75, 3.05) is 26.3 Å². The number of aliphatic hydroxyl groups is 1. The first-order chi connectivity index (χ1) is 15.8. The molecule has 0 aliphatic heterocycles. The summed E-state index contributed by atoms with van der Waals surface area (Å²) in [6, 6.07) is 34.5. The monoisotopic (exact) mass is 427 g/mol. The molecule has 4 rings (SSSR count). The molecule has 0 bridgehead atoms. The van der Waals surface area contributed by atoms with Crippen molar-refractivity contribution >= 4 is 10.8 Å². The number of ether oxygens (including phenoxy) is 2. The summed E-state index contributed by atoms with van der Waals surface area (Å²) in [7, 11) is 0. The van der Waals surface area contributed by atoms with Crippen molar-refractivity contribution in [3.8, 4) is 5.75 Å². The molecule has 0 saturated carbocycles. The van der Waals surface area contributed by atoms with Crippen LogP contribution in [0.1, 0.15) is 17.2 Å². The van der Waals surface area contributed by atoms with Crippen LogP contribution in [0.2, 0.25) is 0 Å². The van der Waals surface area contributed by atoms with Crippen LogP contribution < -0.4 is 10.1 Å². The summed E-state index contributed by atoms with van der Waals surface area (Å²) < 4.78 is 12.1. The van der Waals surface area contributed by atoms with E-state index in [0.717, 1.165) is 27.6 Å². The molecule has 0 spiro atoms. The van der Waals surface area contributed by atoms with Crippen LogP contribution in [0.15, 0.2) is 103 Å². The predicted molar refractivity (Wildman–Crippen MR) is 129 cm³/mol. The van der Waals surface area contributed by atoms with Crippen LogP contribution in [-0.4, -0.2) is 37.5 Å². The molecule has 0 aliphatic rings. The second kappa shape index (κ2) is 11.4. The number of hydrogen-bond acceptors (Lipinski definition) is 4. The number of benzene rings is 4. The summed E-state index contributed by atoms with van der Waals surface area (Å²) in [5.74, 6) is 0.791. The molecule has 1 unspecified atom stereocenters. The maximum absolute atomic E-state index is 10.3. The molecule has 0 radical (unpaired) electrons. The van der Waals surface area contributed by atoms with Crippen molar-refractivity contribution in [1.29, 1.82) is 0 Å². The fraction of sp³-hybridized carbons (Fsp3) is 0.214. The Labute approximate surface area is 189 Å². The van der Waals surface area contributed by atoms with Crippen LogP contribution in [0.25, 0.3) is 10.8 Å². The number of nitrogens with one attached hydrogen (secondary N) is 1. The Morgan fingerprint density at radius 3 is 2.06 bits per heavy atom. The first-order valence-electron chi connectivity index (χ1n) is 11.0. The standard InChI is InChI=1S/C28H29NO3/c30-25(21-32-27-17-9-15-22-10-7-8-16-26(22)27)20-29-18-19-31-28(23-11-3-1-4-12-23)24-13-5-2-6-14-24/h1-17,25,28-30H,18-21H2. The largest absolute Gasteiger partial charge is 0.490 e. The highest BCUT2D eigenvalue weighted by Gasteiger charge is 2.14. The van der Waals surface area contributed by atoms with Gasteiger partial charge in [-0.15, -0.1) is 0 Å². The fourth-order valence-corrected chi connectivity index (χ4v) is 3.72. The summed E-state index contributed by atoms with van der Waals surface area (Å²) in [5, 5.41) is 15.8. The molecule has 32 heavy (non-hydrogen) atoms. The lowest BCUT2D eigenvalue weighted by Gasteiger charge is -2.20. The quantitative estimate of drug-likeness (QED) is 0.332. The van der Waals surface area contributed by atoms with Gasteiger partial charge in [0.25, 0.3) is 0 Å². The minimum absolute atomic E-state index is 0.112. The van der Waals surface area contributed by atoms with Crippen molar-refractivity contribution < 1.29 is 14.6 Å². The van der Waals surface area contributed by atoms with Crippen LogP contribution in [0.3, 0.4) is 0 Å². The van der Waals surface area contributed by atoms with Gasteiger partial charge in [0.15, 0.2) is 0 Å². The van der Waals surface area contributed by atoms with Gasteiger partial charge in [0.1, 0.15) is 24.6 Å². The summed E-state index contributed by atoms with van der Waals surface area (Å²) >= 11 is 0. The molecule has 0 aliphatic carbocycles. The molecule has 4 aromatic carbocycles. The highest BCUT2D eigenvalue weighted by molar-refractivity contribution is 5.88. The van der Waals surface area contributed by atoms with E-state index in [1.54, 1.807) is 0 Å². The summed E-state index contributed by atoms with van der Waals surface area (Å²) in [4.78, 5) is 0. The van der Waals surface area contributed by atoms with E-state index in [1.165, 1.54) is 0 Å². The minimum atomic E-state index is -0.604. The van der Waals surface area contributed by atoms with Gasteiger partial charge < -0.3 is 19.9 Å². The van der Waals surface area contributed by atoms with Gasteiger partial charge in [0, 0.05) is 18.5 Å². The average Bonchev–Trinajstić information content (AvgIpc) is 2.86. The molecule has 0 amide bonds. The van der Waals surface area contributed by atoms with E-state index in [9.17, 15) is 5.11 Å². The highest BCUT2D eigenvalue weighted by atomic mass is 16.5. The third-order valence-corrected chi connectivity index (χ3v) is 5.33. The van der Waals surface area contributed by atoms with Gasteiger partial charge in [-0.05, 0) is 22.6 Å². The van der Waals surface area contributed by atoms with Crippen molar-refractivity contribution in [3.05, 3.63) is 114 Å². The molecule has 2 N–H and O–H groups in total. The molecule has 4 nitrogen and oxygen atoms in total. The third kappa shape index (κ3) is 5.95. The Morgan fingerprint density at radius 1 is 0.719 bits per heavy atom. The maximum Gasteiger partial charge on any atom is 0.127 e.